The Morgan fingerprint density at radius 1 is 1.36 bits per heavy atom. The van der Waals surface area contributed by atoms with Crippen LogP contribution in [0.15, 0.2) is 30.3 Å². The number of nitrogens with zero attached hydrogens (tertiary/aromatic N) is 3. The van der Waals surface area contributed by atoms with Crippen molar-refractivity contribution in [3.63, 3.8) is 0 Å². The molecule has 0 spiro atoms. The Hall–Kier alpha value is -2.71. The van der Waals surface area contributed by atoms with E-state index in [9.17, 15) is 14.7 Å². The van der Waals surface area contributed by atoms with Crippen LogP contribution in [0, 0.1) is 6.92 Å². The number of morpholine rings is 1. The molecule has 1 aromatic carbocycles. The van der Waals surface area contributed by atoms with Gasteiger partial charge in [0.2, 0.25) is 5.91 Å². The van der Waals surface area contributed by atoms with Crippen LogP contribution in [-0.2, 0) is 16.6 Å². The number of carbonyl (C=O) groups is 2. The maximum atomic E-state index is 12.3. The molecular weight excluding hydrogens is 360 g/mol. The standard InChI is InChI=1S/C20H26N4O4/c1-12(2)24-17(10-25)19(28-11-18(24)26)14-5-7-15(8-6-14)21-20(27)16-9-13(3)23(4)22-16/h5-9,12,17,19,25H,10-11H2,1-4H3,(H,21,27). The van der Waals surface area contributed by atoms with Gasteiger partial charge in [0.15, 0.2) is 5.69 Å². The Bertz CT molecular complexity index is 840. The lowest BCUT2D eigenvalue weighted by Crippen LogP contribution is -2.55. The zero-order valence-corrected chi connectivity index (χ0v) is 16.5. The van der Waals surface area contributed by atoms with Crippen molar-refractivity contribution in [1.82, 2.24) is 14.7 Å². The third-order valence-corrected chi connectivity index (χ3v) is 4.97. The molecule has 8 nitrogen and oxygen atoms in total. The van der Waals surface area contributed by atoms with E-state index >= 15 is 0 Å². The highest BCUT2D eigenvalue weighted by Gasteiger charge is 2.38. The first-order chi connectivity index (χ1) is 13.3. The van der Waals surface area contributed by atoms with Gasteiger partial charge in [-0.2, -0.15) is 5.10 Å². The van der Waals surface area contributed by atoms with E-state index in [1.165, 1.54) is 0 Å². The van der Waals surface area contributed by atoms with E-state index in [0.29, 0.717) is 11.4 Å². The van der Waals surface area contributed by atoms with Gasteiger partial charge >= 0.3 is 0 Å². The second-order valence-electron chi connectivity index (χ2n) is 7.25. The Balaban J connectivity index is 1.74. The first-order valence-electron chi connectivity index (χ1n) is 9.27. The molecule has 8 heteroatoms. The molecule has 2 heterocycles. The van der Waals surface area contributed by atoms with Crippen LogP contribution in [0.25, 0.3) is 0 Å². The van der Waals surface area contributed by atoms with Crippen molar-refractivity contribution in [2.75, 3.05) is 18.5 Å². The highest BCUT2D eigenvalue weighted by atomic mass is 16.5. The van der Waals surface area contributed by atoms with E-state index in [1.807, 2.05) is 32.9 Å². The second-order valence-corrected chi connectivity index (χ2v) is 7.25. The normalized spacial score (nSPS) is 19.9. The third kappa shape index (κ3) is 3.93. The Kier molecular flexibility index (Phi) is 5.81. The van der Waals surface area contributed by atoms with E-state index in [4.69, 9.17) is 4.74 Å². The van der Waals surface area contributed by atoms with E-state index in [0.717, 1.165) is 11.3 Å². The summed E-state index contributed by atoms with van der Waals surface area (Å²) in [6.07, 6.45) is -0.423. The number of nitrogens with one attached hydrogen (secondary N) is 1. The molecule has 3 rings (SSSR count). The van der Waals surface area contributed by atoms with Crippen LogP contribution in [0.5, 0.6) is 0 Å². The number of aromatic nitrogens is 2. The molecule has 1 aromatic heterocycles. The number of aryl methyl sites for hydroxylation is 2. The van der Waals surface area contributed by atoms with Crippen LogP contribution in [0.3, 0.4) is 0 Å². The highest BCUT2D eigenvalue weighted by molar-refractivity contribution is 6.02. The lowest BCUT2D eigenvalue weighted by Gasteiger charge is -2.42. The summed E-state index contributed by atoms with van der Waals surface area (Å²) in [7, 11) is 1.79. The number of rotatable bonds is 5. The van der Waals surface area contributed by atoms with Gasteiger partial charge in [-0.1, -0.05) is 12.1 Å². The minimum absolute atomic E-state index is 0.0170. The van der Waals surface area contributed by atoms with E-state index < -0.39 is 12.1 Å². The zero-order chi connectivity index (χ0) is 20.4. The van der Waals surface area contributed by atoms with Gasteiger partial charge in [0.05, 0.1) is 12.6 Å². The van der Waals surface area contributed by atoms with E-state index in [1.54, 1.807) is 34.8 Å². The first kappa shape index (κ1) is 20.0. The summed E-state index contributed by atoms with van der Waals surface area (Å²) in [4.78, 5) is 26.2. The molecule has 2 N–H and O–H groups in total. The molecule has 1 saturated heterocycles. The summed E-state index contributed by atoms with van der Waals surface area (Å²) >= 11 is 0. The van der Waals surface area contributed by atoms with Gasteiger partial charge in [-0.25, -0.2) is 0 Å². The minimum Gasteiger partial charge on any atom is -0.394 e. The van der Waals surface area contributed by atoms with Crippen LogP contribution < -0.4 is 5.32 Å². The summed E-state index contributed by atoms with van der Waals surface area (Å²) in [6, 6.07) is 8.47. The second kappa shape index (κ2) is 8.12. The predicted octanol–water partition coefficient (Wildman–Crippen LogP) is 1.65. The molecule has 1 aliphatic heterocycles. The average molecular weight is 386 g/mol. The van der Waals surface area contributed by atoms with Gasteiger partial charge in [0, 0.05) is 24.5 Å². The number of benzene rings is 1. The number of amides is 2. The van der Waals surface area contributed by atoms with Crippen molar-refractivity contribution < 1.29 is 19.4 Å². The topological polar surface area (TPSA) is 96.7 Å². The lowest BCUT2D eigenvalue weighted by atomic mass is 9.98. The molecular formula is C20H26N4O4. The summed E-state index contributed by atoms with van der Waals surface area (Å²) in [5, 5.41) is 16.8. The molecule has 2 aromatic rings. The van der Waals surface area contributed by atoms with Crippen LogP contribution in [0.1, 0.15) is 41.7 Å². The molecule has 28 heavy (non-hydrogen) atoms. The van der Waals surface area contributed by atoms with E-state index in [-0.39, 0.29) is 31.1 Å². The number of anilines is 1. The summed E-state index contributed by atoms with van der Waals surface area (Å²) in [6.45, 7) is 5.51. The minimum atomic E-state index is -0.446. The Morgan fingerprint density at radius 3 is 2.57 bits per heavy atom. The van der Waals surface area contributed by atoms with Crippen molar-refractivity contribution in [3.8, 4) is 0 Å². The largest absolute Gasteiger partial charge is 0.394 e. The molecule has 2 unspecified atom stereocenters. The van der Waals surface area contributed by atoms with Gasteiger partial charge in [-0.05, 0) is 44.5 Å². The van der Waals surface area contributed by atoms with Gasteiger partial charge < -0.3 is 20.1 Å². The molecule has 0 aliphatic carbocycles. The maximum absolute atomic E-state index is 12.3. The monoisotopic (exact) mass is 386 g/mol. The maximum Gasteiger partial charge on any atom is 0.276 e. The Morgan fingerprint density at radius 2 is 2.04 bits per heavy atom. The zero-order valence-electron chi connectivity index (χ0n) is 16.5. The van der Waals surface area contributed by atoms with Crippen molar-refractivity contribution in [2.24, 2.45) is 7.05 Å². The number of carbonyl (C=O) groups excluding carboxylic acids is 2. The van der Waals surface area contributed by atoms with Gasteiger partial charge in [-0.3, -0.25) is 14.3 Å². The molecule has 150 valence electrons. The van der Waals surface area contributed by atoms with Crippen LogP contribution in [-0.4, -0.2) is 56.9 Å². The number of hydrogen-bond donors (Lipinski definition) is 2. The molecule has 1 fully saturated rings. The van der Waals surface area contributed by atoms with Crippen LogP contribution in [0.4, 0.5) is 5.69 Å². The average Bonchev–Trinajstić information content (AvgIpc) is 3.00. The first-order valence-corrected chi connectivity index (χ1v) is 9.27. The number of ether oxygens (including phenoxy) is 1. The van der Waals surface area contributed by atoms with Crippen LogP contribution in [0.2, 0.25) is 0 Å². The molecule has 2 amide bonds. The van der Waals surface area contributed by atoms with Gasteiger partial charge in [0.1, 0.15) is 12.7 Å². The summed E-state index contributed by atoms with van der Waals surface area (Å²) in [5.74, 6) is -0.407. The molecule has 1 aliphatic rings. The SMILES string of the molecule is Cc1cc(C(=O)Nc2ccc(C3OCC(=O)N(C(C)C)C3CO)cc2)nn1C. The van der Waals surface area contributed by atoms with Crippen molar-refractivity contribution in [2.45, 2.75) is 39.0 Å². The summed E-state index contributed by atoms with van der Waals surface area (Å²) in [5.41, 5.74) is 2.72. The lowest BCUT2D eigenvalue weighted by molar-refractivity contribution is -0.164. The number of hydrogen-bond acceptors (Lipinski definition) is 5. The summed E-state index contributed by atoms with van der Waals surface area (Å²) < 4.78 is 7.36. The van der Waals surface area contributed by atoms with Crippen molar-refractivity contribution >= 4 is 17.5 Å². The highest BCUT2D eigenvalue weighted by Crippen LogP contribution is 2.31. The smallest absolute Gasteiger partial charge is 0.276 e. The molecule has 0 saturated carbocycles. The molecule has 0 radical (unpaired) electrons. The molecule has 0 bridgehead atoms. The fourth-order valence-corrected chi connectivity index (χ4v) is 3.47. The third-order valence-electron chi connectivity index (χ3n) is 4.97. The van der Waals surface area contributed by atoms with Gasteiger partial charge in [-0.15, -0.1) is 0 Å². The fourth-order valence-electron chi connectivity index (χ4n) is 3.47. The molecule has 2 atom stereocenters. The van der Waals surface area contributed by atoms with Gasteiger partial charge in [0.25, 0.3) is 5.91 Å². The fraction of sp³-hybridized carbons (Fsp3) is 0.450. The van der Waals surface area contributed by atoms with Crippen LogP contribution >= 0.6 is 0 Å². The van der Waals surface area contributed by atoms with E-state index in [2.05, 4.69) is 10.4 Å². The number of aliphatic hydroxyl groups is 1. The number of aliphatic hydroxyl groups excluding tert-OH is 1. The quantitative estimate of drug-likeness (QED) is 0.815. The predicted molar refractivity (Wildman–Crippen MR) is 104 cm³/mol. The van der Waals surface area contributed by atoms with Crippen molar-refractivity contribution in [3.05, 3.63) is 47.3 Å². The Labute approximate surface area is 164 Å². The van der Waals surface area contributed by atoms with Crippen molar-refractivity contribution in [1.29, 1.82) is 0 Å².